The van der Waals surface area contributed by atoms with Crippen LogP contribution in [-0.2, 0) is 0 Å². The minimum atomic E-state index is -0.721. The van der Waals surface area contributed by atoms with Crippen molar-refractivity contribution >= 4 is 11.5 Å². The van der Waals surface area contributed by atoms with Crippen molar-refractivity contribution in [2.75, 3.05) is 14.2 Å². The topological polar surface area (TPSA) is 117 Å². The number of nitro groups is 1. The fourth-order valence-corrected chi connectivity index (χ4v) is 1.57. The summed E-state index contributed by atoms with van der Waals surface area (Å²) in [5, 5.41) is 11.0. The third kappa shape index (κ3) is 2.91. The largest absolute Gasteiger partial charge is 0.467 e. The van der Waals surface area contributed by atoms with E-state index in [1.165, 1.54) is 38.5 Å². The Kier molecular flexibility index (Phi) is 4.02. The highest BCUT2D eigenvalue weighted by atomic mass is 16.6. The van der Waals surface area contributed by atoms with E-state index in [1.807, 2.05) is 0 Å². The van der Waals surface area contributed by atoms with Crippen molar-refractivity contribution in [3.8, 4) is 12.0 Å². The number of carbonyl (C=O) groups excluding carboxylic acids is 1. The minimum absolute atomic E-state index is 0.121. The van der Waals surface area contributed by atoms with E-state index in [0.717, 1.165) is 0 Å². The molecule has 0 amide bonds. The smallest absolute Gasteiger partial charge is 0.323 e. The number of aromatic nitrogens is 3. The monoisotopic (exact) mass is 290 g/mol. The molecule has 1 aromatic carbocycles. The van der Waals surface area contributed by atoms with Crippen molar-refractivity contribution < 1.29 is 19.2 Å². The molecule has 108 valence electrons. The Bertz CT molecular complexity index is 682. The molecule has 9 heteroatoms. The van der Waals surface area contributed by atoms with Crippen molar-refractivity contribution in [2.24, 2.45) is 0 Å². The Morgan fingerprint density at radius 1 is 1.10 bits per heavy atom. The number of para-hydroxylation sites is 1. The van der Waals surface area contributed by atoms with Crippen LogP contribution in [-0.4, -0.2) is 39.9 Å². The number of hydrogen-bond acceptors (Lipinski definition) is 8. The van der Waals surface area contributed by atoms with Crippen LogP contribution in [0.4, 0.5) is 5.69 Å². The molecule has 9 nitrogen and oxygen atoms in total. The Balaban J connectivity index is 2.52. The number of rotatable bonds is 5. The number of ether oxygens (including phenoxy) is 2. The van der Waals surface area contributed by atoms with Gasteiger partial charge in [0.15, 0.2) is 0 Å². The first kappa shape index (κ1) is 14.3. The zero-order chi connectivity index (χ0) is 15.4. The zero-order valence-electron chi connectivity index (χ0n) is 11.1. The molecule has 0 aliphatic heterocycles. The number of ketones is 1. The summed E-state index contributed by atoms with van der Waals surface area (Å²) in [6.45, 7) is 0. The molecule has 0 radical (unpaired) electrons. The third-order valence-corrected chi connectivity index (χ3v) is 2.51. The first-order chi connectivity index (χ1) is 10.1. The van der Waals surface area contributed by atoms with Gasteiger partial charge >= 0.3 is 12.0 Å². The summed E-state index contributed by atoms with van der Waals surface area (Å²) < 4.78 is 9.67. The molecule has 2 aromatic rings. The molecule has 0 atom stereocenters. The third-order valence-electron chi connectivity index (χ3n) is 2.51. The SMILES string of the molecule is COc1nc(OC)nc(C(=O)c2ccccc2[N+](=O)[O-])n1. The van der Waals surface area contributed by atoms with Crippen LogP contribution in [0.3, 0.4) is 0 Å². The maximum Gasteiger partial charge on any atom is 0.323 e. The first-order valence-electron chi connectivity index (χ1n) is 5.69. The molecular weight excluding hydrogens is 280 g/mol. The zero-order valence-corrected chi connectivity index (χ0v) is 11.1. The van der Waals surface area contributed by atoms with Crippen molar-refractivity contribution in [1.82, 2.24) is 15.0 Å². The highest BCUT2D eigenvalue weighted by Gasteiger charge is 2.24. The van der Waals surface area contributed by atoms with E-state index in [1.54, 1.807) is 0 Å². The van der Waals surface area contributed by atoms with Crippen LogP contribution in [0, 0.1) is 10.1 Å². The highest BCUT2D eigenvalue weighted by molar-refractivity contribution is 6.09. The van der Waals surface area contributed by atoms with Gasteiger partial charge in [-0.2, -0.15) is 9.97 Å². The first-order valence-corrected chi connectivity index (χ1v) is 5.69. The molecule has 0 unspecified atom stereocenters. The van der Waals surface area contributed by atoms with Gasteiger partial charge in [-0.05, 0) is 6.07 Å². The van der Waals surface area contributed by atoms with Gasteiger partial charge in [-0.25, -0.2) is 0 Å². The summed E-state index contributed by atoms with van der Waals surface area (Å²) in [5.41, 5.74) is -0.460. The maximum atomic E-state index is 12.3. The lowest BCUT2D eigenvalue weighted by molar-refractivity contribution is -0.385. The molecule has 0 aliphatic rings. The van der Waals surface area contributed by atoms with E-state index in [9.17, 15) is 14.9 Å². The number of hydrogen-bond donors (Lipinski definition) is 0. The summed E-state index contributed by atoms with van der Waals surface area (Å²) in [6.07, 6.45) is 0. The molecule has 0 spiro atoms. The van der Waals surface area contributed by atoms with E-state index in [2.05, 4.69) is 15.0 Å². The van der Waals surface area contributed by atoms with Gasteiger partial charge in [-0.15, -0.1) is 4.98 Å². The van der Waals surface area contributed by atoms with E-state index in [0.29, 0.717) is 0 Å². The molecule has 21 heavy (non-hydrogen) atoms. The van der Waals surface area contributed by atoms with Gasteiger partial charge in [0, 0.05) is 6.07 Å². The van der Waals surface area contributed by atoms with Gasteiger partial charge in [0.05, 0.1) is 19.1 Å². The number of carbonyl (C=O) groups is 1. The summed E-state index contributed by atoms with van der Waals surface area (Å²) in [5.74, 6) is -1.02. The predicted octanol–water partition coefficient (Wildman–Crippen LogP) is 1.03. The average Bonchev–Trinajstić information content (AvgIpc) is 2.53. The van der Waals surface area contributed by atoms with Gasteiger partial charge in [0.25, 0.3) is 5.69 Å². The molecule has 1 aromatic heterocycles. The molecule has 0 fully saturated rings. The average molecular weight is 290 g/mol. The lowest BCUT2D eigenvalue weighted by atomic mass is 10.1. The van der Waals surface area contributed by atoms with E-state index >= 15 is 0 Å². The van der Waals surface area contributed by atoms with Gasteiger partial charge in [0.1, 0.15) is 5.56 Å². The van der Waals surface area contributed by atoms with Crippen LogP contribution in [0.25, 0.3) is 0 Å². The Morgan fingerprint density at radius 3 is 2.19 bits per heavy atom. The summed E-state index contributed by atoms with van der Waals surface area (Å²) in [7, 11) is 2.63. The molecule has 2 rings (SSSR count). The summed E-state index contributed by atoms with van der Waals surface area (Å²) >= 11 is 0. The van der Waals surface area contributed by atoms with Gasteiger partial charge in [0.2, 0.25) is 11.6 Å². The van der Waals surface area contributed by atoms with Crippen LogP contribution in [0.15, 0.2) is 24.3 Å². The van der Waals surface area contributed by atoms with E-state index in [-0.39, 0.29) is 29.1 Å². The molecular formula is C12H10N4O5. The minimum Gasteiger partial charge on any atom is -0.467 e. The predicted molar refractivity (Wildman–Crippen MR) is 69.5 cm³/mol. The van der Waals surface area contributed by atoms with Crippen LogP contribution >= 0.6 is 0 Å². The van der Waals surface area contributed by atoms with Gasteiger partial charge in [-0.3, -0.25) is 14.9 Å². The lowest BCUT2D eigenvalue weighted by Crippen LogP contribution is -2.12. The lowest BCUT2D eigenvalue weighted by Gasteiger charge is -2.04. The van der Waals surface area contributed by atoms with Crippen LogP contribution in [0.1, 0.15) is 16.2 Å². The molecule has 0 saturated carbocycles. The normalized spacial score (nSPS) is 10.0. The van der Waals surface area contributed by atoms with Crippen molar-refractivity contribution in [2.45, 2.75) is 0 Å². The highest BCUT2D eigenvalue weighted by Crippen LogP contribution is 2.21. The van der Waals surface area contributed by atoms with E-state index in [4.69, 9.17) is 9.47 Å². The number of nitrogens with zero attached hydrogens (tertiary/aromatic N) is 4. The van der Waals surface area contributed by atoms with Crippen molar-refractivity contribution in [3.05, 3.63) is 45.8 Å². The Morgan fingerprint density at radius 2 is 1.67 bits per heavy atom. The van der Waals surface area contributed by atoms with Crippen molar-refractivity contribution in [1.29, 1.82) is 0 Å². The second-order valence-electron chi connectivity index (χ2n) is 3.74. The number of benzene rings is 1. The van der Waals surface area contributed by atoms with Crippen molar-refractivity contribution in [3.63, 3.8) is 0 Å². The standard InChI is InChI=1S/C12H10N4O5/c1-20-11-13-10(14-12(15-11)21-2)9(17)7-5-3-4-6-8(7)16(18)19/h3-6H,1-2H3. The molecule has 1 heterocycles. The summed E-state index contributed by atoms with van der Waals surface area (Å²) in [6, 6.07) is 5.28. The fourth-order valence-electron chi connectivity index (χ4n) is 1.57. The van der Waals surface area contributed by atoms with Gasteiger partial charge in [-0.1, -0.05) is 12.1 Å². The van der Waals surface area contributed by atoms with Crippen LogP contribution in [0.2, 0.25) is 0 Å². The number of methoxy groups -OCH3 is 2. The second-order valence-corrected chi connectivity index (χ2v) is 3.74. The quantitative estimate of drug-likeness (QED) is 0.455. The summed E-state index contributed by atoms with van der Waals surface area (Å²) in [4.78, 5) is 34.0. The number of nitro benzene ring substituents is 1. The molecule has 0 N–H and O–H groups in total. The van der Waals surface area contributed by atoms with Gasteiger partial charge < -0.3 is 9.47 Å². The second kappa shape index (κ2) is 5.90. The molecule has 0 bridgehead atoms. The molecule has 0 aliphatic carbocycles. The fraction of sp³-hybridized carbons (Fsp3) is 0.167. The maximum absolute atomic E-state index is 12.3. The molecule has 0 saturated heterocycles. The van der Waals surface area contributed by atoms with E-state index < -0.39 is 10.7 Å². The Hall–Kier alpha value is -3.10. The Labute approximate surface area is 118 Å². The van der Waals surface area contributed by atoms with Crippen LogP contribution < -0.4 is 9.47 Å². The van der Waals surface area contributed by atoms with Crippen LogP contribution in [0.5, 0.6) is 12.0 Å².